The molecule has 0 spiro atoms. The maximum absolute atomic E-state index is 12.7. The number of anilines is 1. The second kappa shape index (κ2) is 8.21. The number of hydrogen-bond donors (Lipinski definition) is 3. The number of hydrogen-bond acceptors (Lipinski definition) is 7. The van der Waals surface area contributed by atoms with Gasteiger partial charge in [-0.1, -0.05) is 12.1 Å². The maximum atomic E-state index is 12.7. The first kappa shape index (κ1) is 19.5. The number of para-hydroxylation sites is 1. The Kier molecular flexibility index (Phi) is 5.54. The van der Waals surface area contributed by atoms with E-state index in [9.17, 15) is 24.3 Å². The first-order valence-electron chi connectivity index (χ1n) is 8.36. The van der Waals surface area contributed by atoms with Gasteiger partial charge in [-0.2, -0.15) is 5.10 Å². The Morgan fingerprint density at radius 3 is 2.52 bits per heavy atom. The Hall–Kier alpha value is -4.21. The van der Waals surface area contributed by atoms with E-state index in [0.717, 1.165) is 11.1 Å². The van der Waals surface area contributed by atoms with Gasteiger partial charge in [-0.15, -0.1) is 0 Å². The molecule has 0 radical (unpaired) electrons. The highest BCUT2D eigenvalue weighted by Gasteiger charge is 2.40. The number of methoxy groups -OCH3 is 1. The largest absolute Gasteiger partial charge is 0.507 e. The molecular weight excluding hydrogens is 380 g/mol. The van der Waals surface area contributed by atoms with Crippen LogP contribution < -0.4 is 20.4 Å². The number of nitrogens with zero attached hydrogens (tertiary/aromatic N) is 2. The zero-order valence-electron chi connectivity index (χ0n) is 15.2. The molecular formula is C19H16N4O6. The van der Waals surface area contributed by atoms with E-state index in [4.69, 9.17) is 4.74 Å². The first-order chi connectivity index (χ1) is 13.9. The number of aromatic hydroxyl groups is 1. The molecule has 1 fully saturated rings. The van der Waals surface area contributed by atoms with Gasteiger partial charge in [0.15, 0.2) is 5.92 Å². The molecule has 10 nitrogen and oxygen atoms in total. The van der Waals surface area contributed by atoms with Crippen LogP contribution in [0.15, 0.2) is 53.6 Å². The number of carbonyl (C=O) groups excluding carboxylic acids is 4. The summed E-state index contributed by atoms with van der Waals surface area (Å²) in [5, 5.41) is 15.3. The first-order valence-corrected chi connectivity index (χ1v) is 8.36. The molecule has 0 aliphatic carbocycles. The van der Waals surface area contributed by atoms with Gasteiger partial charge < -0.3 is 9.84 Å². The van der Waals surface area contributed by atoms with Crippen molar-refractivity contribution in [1.82, 2.24) is 10.7 Å². The predicted octanol–water partition coefficient (Wildman–Crippen LogP) is 1.02. The van der Waals surface area contributed by atoms with E-state index in [1.54, 1.807) is 24.3 Å². The highest BCUT2D eigenvalue weighted by Crippen LogP contribution is 2.23. The molecule has 29 heavy (non-hydrogen) atoms. The lowest BCUT2D eigenvalue weighted by Crippen LogP contribution is -2.58. The van der Waals surface area contributed by atoms with Gasteiger partial charge in [0.1, 0.15) is 11.5 Å². The van der Waals surface area contributed by atoms with Crippen molar-refractivity contribution < 1.29 is 29.0 Å². The minimum absolute atomic E-state index is 0.0286. The second-order valence-electron chi connectivity index (χ2n) is 5.88. The number of phenolic OH excluding ortho intramolecular Hbond substituents is 1. The van der Waals surface area contributed by atoms with Gasteiger partial charge in [0.25, 0.3) is 11.8 Å². The third-order valence-corrected chi connectivity index (χ3v) is 4.07. The zero-order chi connectivity index (χ0) is 21.0. The Morgan fingerprint density at radius 2 is 1.86 bits per heavy atom. The molecule has 148 valence electrons. The van der Waals surface area contributed by atoms with Crippen LogP contribution in [-0.2, 0) is 9.59 Å². The molecule has 5 amide bonds. The van der Waals surface area contributed by atoms with Crippen LogP contribution in [0.3, 0.4) is 0 Å². The summed E-state index contributed by atoms with van der Waals surface area (Å²) >= 11 is 0. The summed E-state index contributed by atoms with van der Waals surface area (Å²) in [6.07, 6.45) is 0.915. The number of rotatable bonds is 5. The Labute approximate surface area is 164 Å². The van der Waals surface area contributed by atoms with Crippen molar-refractivity contribution in [3.8, 4) is 11.5 Å². The number of amides is 5. The zero-order valence-corrected chi connectivity index (χ0v) is 15.2. The number of ether oxygens (including phenoxy) is 1. The predicted molar refractivity (Wildman–Crippen MR) is 102 cm³/mol. The molecule has 0 unspecified atom stereocenters. The van der Waals surface area contributed by atoms with Crippen molar-refractivity contribution in [2.45, 2.75) is 0 Å². The van der Waals surface area contributed by atoms with Crippen LogP contribution >= 0.6 is 0 Å². The van der Waals surface area contributed by atoms with E-state index in [-0.39, 0.29) is 17.0 Å². The molecule has 10 heteroatoms. The molecule has 1 saturated heterocycles. The molecule has 1 aliphatic rings. The van der Waals surface area contributed by atoms with Gasteiger partial charge >= 0.3 is 6.03 Å². The number of nitrogens with one attached hydrogen (secondary N) is 2. The summed E-state index contributed by atoms with van der Waals surface area (Å²) in [6, 6.07) is 11.0. The van der Waals surface area contributed by atoms with Crippen molar-refractivity contribution in [2.24, 2.45) is 11.0 Å². The van der Waals surface area contributed by atoms with E-state index >= 15 is 0 Å². The third-order valence-electron chi connectivity index (χ3n) is 4.07. The number of urea groups is 1. The lowest BCUT2D eigenvalue weighted by molar-refractivity contribution is -0.131. The van der Waals surface area contributed by atoms with Gasteiger partial charge in [0, 0.05) is 6.21 Å². The standard InChI is InChI=1S/C19H16N4O6/c1-29-12-8-6-11(7-9-12)23-18(27)14(16(25)21-19(23)28)10-20-22-17(26)13-4-2-3-5-15(13)24/h2-10,14,24H,1H3,(H,22,26)(H,21,25,28)/b20-10-/t14-/m0/s1. The normalized spacial score (nSPS) is 16.7. The van der Waals surface area contributed by atoms with Crippen LogP contribution in [0.5, 0.6) is 11.5 Å². The molecule has 0 bridgehead atoms. The second-order valence-corrected chi connectivity index (χ2v) is 5.88. The third kappa shape index (κ3) is 4.05. The fraction of sp³-hybridized carbons (Fsp3) is 0.105. The van der Waals surface area contributed by atoms with E-state index < -0.39 is 29.7 Å². The summed E-state index contributed by atoms with van der Waals surface area (Å²) in [5.74, 6) is -3.58. The molecule has 2 aromatic rings. The van der Waals surface area contributed by atoms with Gasteiger partial charge in [-0.3, -0.25) is 19.7 Å². The number of barbiturate groups is 1. The summed E-state index contributed by atoms with van der Waals surface area (Å²) in [4.78, 5) is 49.7. The smallest absolute Gasteiger partial charge is 0.335 e. The molecule has 3 rings (SSSR count). The van der Waals surface area contributed by atoms with E-state index in [1.165, 1.54) is 31.4 Å². The van der Waals surface area contributed by atoms with Crippen molar-refractivity contribution in [3.63, 3.8) is 0 Å². The van der Waals surface area contributed by atoms with Gasteiger partial charge in [0.05, 0.1) is 18.4 Å². The lowest BCUT2D eigenvalue weighted by Gasteiger charge is -2.28. The highest BCUT2D eigenvalue weighted by atomic mass is 16.5. The number of phenols is 1. The maximum Gasteiger partial charge on any atom is 0.335 e. The van der Waals surface area contributed by atoms with Crippen molar-refractivity contribution in [3.05, 3.63) is 54.1 Å². The average molecular weight is 396 g/mol. The molecule has 0 saturated carbocycles. The fourth-order valence-corrected chi connectivity index (χ4v) is 2.59. The SMILES string of the molecule is COc1ccc(N2C(=O)NC(=O)[C@H](/C=N\NC(=O)c3ccccc3O)C2=O)cc1. The van der Waals surface area contributed by atoms with Gasteiger partial charge in [-0.25, -0.2) is 15.1 Å². The molecule has 0 aromatic heterocycles. The minimum atomic E-state index is -1.43. The number of imide groups is 2. The monoisotopic (exact) mass is 396 g/mol. The molecule has 1 atom stereocenters. The number of hydrazone groups is 1. The molecule has 3 N–H and O–H groups in total. The quantitative estimate of drug-likeness (QED) is 0.392. The average Bonchev–Trinajstić information content (AvgIpc) is 2.71. The van der Waals surface area contributed by atoms with Gasteiger partial charge in [0.2, 0.25) is 5.91 Å². The summed E-state index contributed by atoms with van der Waals surface area (Å²) < 4.78 is 5.03. The van der Waals surface area contributed by atoms with Crippen LogP contribution in [0.25, 0.3) is 0 Å². The molecule has 1 heterocycles. The minimum Gasteiger partial charge on any atom is -0.507 e. The van der Waals surface area contributed by atoms with Gasteiger partial charge in [-0.05, 0) is 36.4 Å². The Bertz CT molecular complexity index is 1000. The highest BCUT2D eigenvalue weighted by molar-refractivity contribution is 6.32. The van der Waals surface area contributed by atoms with Crippen molar-refractivity contribution in [2.75, 3.05) is 12.0 Å². The lowest BCUT2D eigenvalue weighted by atomic mass is 10.1. The summed E-state index contributed by atoms with van der Waals surface area (Å²) in [7, 11) is 1.47. The summed E-state index contributed by atoms with van der Waals surface area (Å²) in [5.41, 5.74) is 2.33. The van der Waals surface area contributed by atoms with Crippen molar-refractivity contribution >= 4 is 35.7 Å². The Morgan fingerprint density at radius 1 is 1.17 bits per heavy atom. The van der Waals surface area contributed by atoms with Crippen LogP contribution in [0.2, 0.25) is 0 Å². The van der Waals surface area contributed by atoms with Crippen LogP contribution in [-0.4, -0.2) is 42.2 Å². The van der Waals surface area contributed by atoms with Crippen molar-refractivity contribution in [1.29, 1.82) is 0 Å². The molecule has 2 aromatic carbocycles. The topological polar surface area (TPSA) is 137 Å². The number of benzene rings is 2. The molecule has 1 aliphatic heterocycles. The van der Waals surface area contributed by atoms with E-state index in [2.05, 4.69) is 15.8 Å². The fourth-order valence-electron chi connectivity index (χ4n) is 2.59. The van der Waals surface area contributed by atoms with E-state index in [1.807, 2.05) is 0 Å². The number of carbonyl (C=O) groups is 4. The van der Waals surface area contributed by atoms with Crippen LogP contribution in [0, 0.1) is 5.92 Å². The Balaban J connectivity index is 1.76. The van der Waals surface area contributed by atoms with E-state index in [0.29, 0.717) is 5.75 Å². The summed E-state index contributed by atoms with van der Waals surface area (Å²) in [6.45, 7) is 0. The van der Waals surface area contributed by atoms with Crippen LogP contribution in [0.4, 0.5) is 10.5 Å². The van der Waals surface area contributed by atoms with Crippen LogP contribution in [0.1, 0.15) is 10.4 Å².